The molecule has 5 rings (SSSR count). The molecule has 2 aliphatic rings. The van der Waals surface area contributed by atoms with Gasteiger partial charge in [-0.05, 0) is 33.0 Å². The average Bonchev–Trinajstić information content (AvgIpc) is 3.19. The first-order chi connectivity index (χ1) is 14.2. The highest BCUT2D eigenvalue weighted by Gasteiger charge is 2.25. The number of nitrogens with zero attached hydrogens (tertiary/aromatic N) is 8. The van der Waals surface area contributed by atoms with Crippen LogP contribution >= 0.6 is 0 Å². The van der Waals surface area contributed by atoms with E-state index in [4.69, 9.17) is 25.5 Å². The molecule has 2 N–H and O–H groups in total. The highest BCUT2D eigenvalue weighted by molar-refractivity contribution is 5.91. The quantitative estimate of drug-likeness (QED) is 0.693. The fourth-order valence-electron chi connectivity index (χ4n) is 4.01. The third-order valence-corrected chi connectivity index (χ3v) is 5.72. The van der Waals surface area contributed by atoms with Crippen molar-refractivity contribution < 1.29 is 4.74 Å². The SMILES string of the molecule is CN1CCC(n2ncc3c(-c4cnc(N)nc4)nc(N4CCOCC4)nc32)CC1. The molecule has 2 aliphatic heterocycles. The Morgan fingerprint density at radius 1 is 1.00 bits per heavy atom. The molecule has 0 saturated carbocycles. The number of likely N-dealkylation sites (tertiary alicyclic amines) is 1. The highest BCUT2D eigenvalue weighted by Crippen LogP contribution is 2.31. The number of fused-ring (bicyclic) bond motifs is 1. The van der Waals surface area contributed by atoms with Crippen LogP contribution in [0.5, 0.6) is 0 Å². The van der Waals surface area contributed by atoms with Crippen LogP contribution in [0.25, 0.3) is 22.3 Å². The lowest BCUT2D eigenvalue weighted by molar-refractivity contribution is 0.122. The number of nitrogen functional groups attached to an aromatic ring is 1. The van der Waals surface area contributed by atoms with Gasteiger partial charge in [0.1, 0.15) is 0 Å². The summed E-state index contributed by atoms with van der Waals surface area (Å²) in [5.41, 5.74) is 8.14. The van der Waals surface area contributed by atoms with Gasteiger partial charge in [0.25, 0.3) is 0 Å². The normalized spacial score (nSPS) is 19.1. The molecular weight excluding hydrogens is 370 g/mol. The van der Waals surface area contributed by atoms with Crippen molar-refractivity contribution in [2.45, 2.75) is 18.9 Å². The van der Waals surface area contributed by atoms with E-state index in [-0.39, 0.29) is 5.95 Å². The number of aromatic nitrogens is 6. The minimum atomic E-state index is 0.245. The van der Waals surface area contributed by atoms with Crippen molar-refractivity contribution in [1.82, 2.24) is 34.6 Å². The Morgan fingerprint density at radius 3 is 2.45 bits per heavy atom. The van der Waals surface area contributed by atoms with Crippen LogP contribution < -0.4 is 10.6 Å². The van der Waals surface area contributed by atoms with Crippen LogP contribution in [-0.4, -0.2) is 81.1 Å². The largest absolute Gasteiger partial charge is 0.378 e. The lowest BCUT2D eigenvalue weighted by Gasteiger charge is -2.30. The van der Waals surface area contributed by atoms with E-state index in [2.05, 4.69) is 31.5 Å². The summed E-state index contributed by atoms with van der Waals surface area (Å²) in [6.07, 6.45) is 7.40. The third kappa shape index (κ3) is 3.49. The summed E-state index contributed by atoms with van der Waals surface area (Å²) < 4.78 is 7.58. The molecule has 29 heavy (non-hydrogen) atoms. The molecule has 152 valence electrons. The zero-order chi connectivity index (χ0) is 19.8. The molecule has 0 aromatic carbocycles. The topological polar surface area (TPSA) is 111 Å². The molecule has 2 saturated heterocycles. The van der Waals surface area contributed by atoms with Crippen LogP contribution in [0.2, 0.25) is 0 Å². The molecule has 0 aliphatic carbocycles. The molecule has 0 radical (unpaired) electrons. The third-order valence-electron chi connectivity index (χ3n) is 5.72. The minimum absolute atomic E-state index is 0.245. The second kappa shape index (κ2) is 7.53. The maximum absolute atomic E-state index is 5.68. The predicted octanol–water partition coefficient (Wildman–Crippen LogP) is 0.969. The Labute approximate surface area is 168 Å². The predicted molar refractivity (Wildman–Crippen MR) is 110 cm³/mol. The first kappa shape index (κ1) is 18.2. The number of hydrogen-bond donors (Lipinski definition) is 1. The van der Waals surface area contributed by atoms with E-state index in [0.29, 0.717) is 25.2 Å². The Balaban J connectivity index is 1.63. The smallest absolute Gasteiger partial charge is 0.228 e. The fraction of sp³-hybridized carbons (Fsp3) is 0.526. The van der Waals surface area contributed by atoms with E-state index in [1.165, 1.54) is 0 Å². The van der Waals surface area contributed by atoms with Gasteiger partial charge in [0.05, 0.1) is 36.5 Å². The molecule has 0 unspecified atom stereocenters. The van der Waals surface area contributed by atoms with E-state index >= 15 is 0 Å². The molecule has 0 spiro atoms. The van der Waals surface area contributed by atoms with Gasteiger partial charge in [-0.3, -0.25) is 0 Å². The van der Waals surface area contributed by atoms with E-state index in [1.807, 2.05) is 6.20 Å². The van der Waals surface area contributed by atoms with Crippen LogP contribution in [0.3, 0.4) is 0 Å². The molecule has 3 aromatic heterocycles. The second-order valence-corrected chi connectivity index (χ2v) is 7.66. The van der Waals surface area contributed by atoms with Gasteiger partial charge < -0.3 is 20.3 Å². The van der Waals surface area contributed by atoms with Gasteiger partial charge >= 0.3 is 0 Å². The van der Waals surface area contributed by atoms with Crippen molar-refractivity contribution in [2.24, 2.45) is 0 Å². The molecule has 0 amide bonds. The Morgan fingerprint density at radius 2 is 1.72 bits per heavy atom. The summed E-state index contributed by atoms with van der Waals surface area (Å²) >= 11 is 0. The Bertz CT molecular complexity index is 989. The van der Waals surface area contributed by atoms with E-state index in [9.17, 15) is 0 Å². The van der Waals surface area contributed by atoms with E-state index in [1.54, 1.807) is 12.4 Å². The first-order valence-corrected chi connectivity index (χ1v) is 10.0. The molecule has 0 bridgehead atoms. The first-order valence-electron chi connectivity index (χ1n) is 10.0. The molecule has 0 atom stereocenters. The van der Waals surface area contributed by atoms with Crippen LogP contribution in [0.1, 0.15) is 18.9 Å². The Kier molecular flexibility index (Phi) is 4.72. The van der Waals surface area contributed by atoms with Crippen molar-refractivity contribution in [3.8, 4) is 11.3 Å². The average molecular weight is 395 g/mol. The number of piperidine rings is 1. The van der Waals surface area contributed by atoms with Gasteiger partial charge in [-0.25, -0.2) is 19.6 Å². The second-order valence-electron chi connectivity index (χ2n) is 7.66. The number of nitrogens with two attached hydrogens (primary N) is 1. The number of anilines is 2. The zero-order valence-electron chi connectivity index (χ0n) is 16.5. The van der Waals surface area contributed by atoms with Gasteiger partial charge in [0, 0.05) is 31.0 Å². The number of rotatable bonds is 3. The van der Waals surface area contributed by atoms with Crippen LogP contribution in [0.4, 0.5) is 11.9 Å². The maximum atomic E-state index is 5.68. The number of hydrogen-bond acceptors (Lipinski definition) is 9. The van der Waals surface area contributed by atoms with Gasteiger partial charge in [-0.1, -0.05) is 0 Å². The number of ether oxygens (including phenoxy) is 1. The monoisotopic (exact) mass is 395 g/mol. The van der Waals surface area contributed by atoms with E-state index in [0.717, 1.165) is 61.3 Å². The summed E-state index contributed by atoms with van der Waals surface area (Å²) in [7, 11) is 2.16. The maximum Gasteiger partial charge on any atom is 0.228 e. The molecule has 10 heteroatoms. The molecule has 2 fully saturated rings. The minimum Gasteiger partial charge on any atom is -0.378 e. The van der Waals surface area contributed by atoms with Crippen LogP contribution in [0.15, 0.2) is 18.6 Å². The Hall–Kier alpha value is -2.85. The lowest BCUT2D eigenvalue weighted by Crippen LogP contribution is -2.37. The lowest BCUT2D eigenvalue weighted by atomic mass is 10.1. The van der Waals surface area contributed by atoms with Gasteiger partial charge in [-0.15, -0.1) is 0 Å². The summed E-state index contributed by atoms with van der Waals surface area (Å²) in [5.74, 6) is 0.941. The fourth-order valence-corrected chi connectivity index (χ4v) is 4.01. The van der Waals surface area contributed by atoms with Gasteiger partial charge in [0.15, 0.2) is 5.65 Å². The van der Waals surface area contributed by atoms with Gasteiger partial charge in [-0.2, -0.15) is 10.1 Å². The molecule has 3 aromatic rings. The summed E-state index contributed by atoms with van der Waals surface area (Å²) in [6, 6.07) is 0.339. The molecule has 5 heterocycles. The zero-order valence-corrected chi connectivity index (χ0v) is 16.5. The van der Waals surface area contributed by atoms with Crippen molar-refractivity contribution in [3.63, 3.8) is 0 Å². The summed E-state index contributed by atoms with van der Waals surface area (Å²) in [6.45, 7) is 5.02. The van der Waals surface area contributed by atoms with Crippen LogP contribution in [-0.2, 0) is 4.74 Å². The van der Waals surface area contributed by atoms with Crippen LogP contribution in [0, 0.1) is 0 Å². The van der Waals surface area contributed by atoms with Crippen molar-refractivity contribution in [3.05, 3.63) is 18.6 Å². The highest BCUT2D eigenvalue weighted by atomic mass is 16.5. The summed E-state index contributed by atoms with van der Waals surface area (Å²) in [4.78, 5) is 22.6. The standard InChI is InChI=1S/C19H25N9O/c1-26-4-2-14(3-5-26)28-17-15(12-23-28)16(13-10-21-18(20)22-11-13)24-19(25-17)27-6-8-29-9-7-27/h10-12,14H,2-9H2,1H3,(H2,20,21,22). The van der Waals surface area contributed by atoms with Crippen molar-refractivity contribution >= 4 is 22.9 Å². The van der Waals surface area contributed by atoms with E-state index < -0.39 is 0 Å². The van der Waals surface area contributed by atoms with Crippen molar-refractivity contribution in [2.75, 3.05) is 57.1 Å². The number of morpholine rings is 1. The van der Waals surface area contributed by atoms with Gasteiger partial charge in [0.2, 0.25) is 11.9 Å². The van der Waals surface area contributed by atoms with Crippen molar-refractivity contribution in [1.29, 1.82) is 0 Å². The molecular formula is C19H25N9O. The summed E-state index contributed by atoms with van der Waals surface area (Å²) in [5, 5.41) is 5.63. The molecule has 10 nitrogen and oxygen atoms in total.